The number of halogens is 3. The van der Waals surface area contributed by atoms with Crippen molar-refractivity contribution >= 4 is 45.8 Å². The first-order valence-corrected chi connectivity index (χ1v) is 8.22. The van der Waals surface area contributed by atoms with Crippen LogP contribution in [0, 0.1) is 0 Å². The van der Waals surface area contributed by atoms with Crippen LogP contribution in [-0.2, 0) is 11.3 Å². The third kappa shape index (κ3) is 4.04. The summed E-state index contributed by atoms with van der Waals surface area (Å²) in [5, 5.41) is 0.898. The minimum absolute atomic E-state index is 0.158. The zero-order chi connectivity index (χ0) is 15.4. The summed E-state index contributed by atoms with van der Waals surface area (Å²) in [5.41, 5.74) is 1.82. The highest BCUT2D eigenvalue weighted by molar-refractivity contribution is 6.42. The molecule has 0 bridgehead atoms. The first-order valence-electron chi connectivity index (χ1n) is 7.02. The second-order valence-electron chi connectivity index (χ2n) is 5.05. The molecule has 0 aliphatic rings. The van der Waals surface area contributed by atoms with Gasteiger partial charge in [0.1, 0.15) is 5.82 Å². The van der Waals surface area contributed by atoms with Gasteiger partial charge in [-0.3, -0.25) is 0 Å². The van der Waals surface area contributed by atoms with Gasteiger partial charge in [0, 0.05) is 20.3 Å². The Balaban J connectivity index is 2.26. The molecule has 0 fully saturated rings. The lowest BCUT2D eigenvalue weighted by atomic mass is 10.2. The van der Waals surface area contributed by atoms with Gasteiger partial charge in [0.2, 0.25) is 0 Å². The number of methoxy groups -OCH3 is 1. The van der Waals surface area contributed by atoms with Crippen LogP contribution in [0.1, 0.15) is 37.4 Å². The number of alkyl halides is 1. The molecule has 3 nitrogen and oxygen atoms in total. The summed E-state index contributed by atoms with van der Waals surface area (Å²) in [6.07, 6.45) is 3.21. The van der Waals surface area contributed by atoms with Crippen LogP contribution in [0.3, 0.4) is 0 Å². The van der Waals surface area contributed by atoms with Crippen molar-refractivity contribution in [2.45, 2.75) is 38.1 Å². The summed E-state index contributed by atoms with van der Waals surface area (Å²) < 4.78 is 7.21. The van der Waals surface area contributed by atoms with Crippen molar-refractivity contribution in [3.8, 4) is 0 Å². The third-order valence-corrected chi connectivity index (χ3v) is 4.32. The van der Waals surface area contributed by atoms with E-state index in [0.29, 0.717) is 10.0 Å². The van der Waals surface area contributed by atoms with Gasteiger partial charge >= 0.3 is 0 Å². The zero-order valence-corrected chi connectivity index (χ0v) is 14.5. The lowest BCUT2D eigenvalue weighted by molar-refractivity contribution is 0.191. The monoisotopic (exact) mass is 348 g/mol. The molecule has 0 amide bonds. The minimum atomic E-state index is -0.158. The normalized spacial score (nSPS) is 13.0. The Bertz CT molecular complexity index is 610. The van der Waals surface area contributed by atoms with Crippen molar-refractivity contribution in [1.29, 1.82) is 0 Å². The second kappa shape index (κ2) is 7.68. The lowest BCUT2D eigenvalue weighted by Crippen LogP contribution is -2.05. The van der Waals surface area contributed by atoms with Crippen LogP contribution in [0.2, 0.25) is 10.0 Å². The van der Waals surface area contributed by atoms with E-state index in [4.69, 9.17) is 39.5 Å². The number of rotatable bonds is 7. The molecule has 0 aliphatic carbocycles. The van der Waals surface area contributed by atoms with Crippen molar-refractivity contribution in [2.75, 3.05) is 13.7 Å². The van der Waals surface area contributed by atoms with Gasteiger partial charge in [-0.15, -0.1) is 11.6 Å². The van der Waals surface area contributed by atoms with Crippen LogP contribution in [0.5, 0.6) is 0 Å². The van der Waals surface area contributed by atoms with E-state index in [0.717, 1.165) is 49.3 Å². The Morgan fingerprint density at radius 1 is 1.19 bits per heavy atom. The van der Waals surface area contributed by atoms with Crippen molar-refractivity contribution in [2.24, 2.45) is 0 Å². The van der Waals surface area contributed by atoms with E-state index in [1.165, 1.54) is 0 Å². The molecule has 1 heterocycles. The highest BCUT2D eigenvalue weighted by atomic mass is 35.5. The Labute approximate surface area is 140 Å². The smallest absolute Gasteiger partial charge is 0.127 e. The SMILES string of the molecule is COCCCCCn1c(C(C)Cl)nc2cc(Cl)c(Cl)cc21. The van der Waals surface area contributed by atoms with E-state index in [2.05, 4.69) is 9.55 Å². The van der Waals surface area contributed by atoms with Crippen molar-refractivity contribution in [3.63, 3.8) is 0 Å². The summed E-state index contributed by atoms with van der Waals surface area (Å²) in [4.78, 5) is 4.59. The summed E-state index contributed by atoms with van der Waals surface area (Å²) in [6, 6.07) is 3.66. The summed E-state index contributed by atoms with van der Waals surface area (Å²) >= 11 is 18.4. The summed E-state index contributed by atoms with van der Waals surface area (Å²) in [5.74, 6) is 0.858. The van der Waals surface area contributed by atoms with Crippen molar-refractivity contribution < 1.29 is 4.74 Å². The van der Waals surface area contributed by atoms with Crippen molar-refractivity contribution in [3.05, 3.63) is 28.0 Å². The molecule has 0 saturated carbocycles. The molecular formula is C15H19Cl3N2O. The van der Waals surface area contributed by atoms with Gasteiger partial charge in [-0.2, -0.15) is 0 Å². The van der Waals surface area contributed by atoms with Crippen LogP contribution in [-0.4, -0.2) is 23.3 Å². The number of aromatic nitrogens is 2. The van der Waals surface area contributed by atoms with E-state index >= 15 is 0 Å². The highest BCUT2D eigenvalue weighted by Gasteiger charge is 2.16. The predicted octanol–water partition coefficient (Wildman–Crippen LogP) is 5.46. The fourth-order valence-corrected chi connectivity index (χ4v) is 2.85. The number of nitrogens with zero attached hydrogens (tertiary/aromatic N) is 2. The molecule has 1 aromatic heterocycles. The van der Waals surface area contributed by atoms with Gasteiger partial charge in [-0.05, 0) is 38.3 Å². The molecule has 0 aliphatic heterocycles. The van der Waals surface area contributed by atoms with Gasteiger partial charge in [-0.25, -0.2) is 4.98 Å². The quantitative estimate of drug-likeness (QED) is 0.490. The van der Waals surface area contributed by atoms with Gasteiger partial charge in [0.25, 0.3) is 0 Å². The maximum atomic E-state index is 6.25. The molecule has 6 heteroatoms. The summed E-state index contributed by atoms with van der Waals surface area (Å²) in [6.45, 7) is 3.59. The Morgan fingerprint density at radius 2 is 1.90 bits per heavy atom. The number of ether oxygens (including phenoxy) is 1. The van der Waals surface area contributed by atoms with Gasteiger partial charge in [0.15, 0.2) is 0 Å². The van der Waals surface area contributed by atoms with Crippen molar-refractivity contribution in [1.82, 2.24) is 9.55 Å². The number of hydrogen-bond donors (Lipinski definition) is 0. The minimum Gasteiger partial charge on any atom is -0.385 e. The van der Waals surface area contributed by atoms with E-state index in [1.807, 2.05) is 13.0 Å². The standard InChI is InChI=1S/C15H19Cl3N2O/c1-10(16)15-19-13-8-11(17)12(18)9-14(13)20(15)6-4-3-5-7-21-2/h8-10H,3-7H2,1-2H3. The zero-order valence-electron chi connectivity index (χ0n) is 12.2. The average molecular weight is 350 g/mol. The molecular weight excluding hydrogens is 331 g/mol. The maximum absolute atomic E-state index is 6.25. The molecule has 1 atom stereocenters. The molecule has 0 saturated heterocycles. The molecule has 1 unspecified atom stereocenters. The summed E-state index contributed by atoms with van der Waals surface area (Å²) in [7, 11) is 1.72. The van der Waals surface area contributed by atoms with Gasteiger partial charge < -0.3 is 9.30 Å². The average Bonchev–Trinajstić information content (AvgIpc) is 2.77. The first kappa shape index (κ1) is 16.9. The van der Waals surface area contributed by atoms with E-state index in [1.54, 1.807) is 13.2 Å². The van der Waals surface area contributed by atoms with Gasteiger partial charge in [-0.1, -0.05) is 23.2 Å². The van der Waals surface area contributed by atoms with Crippen LogP contribution in [0.4, 0.5) is 0 Å². The molecule has 1 aromatic carbocycles. The first-order chi connectivity index (χ1) is 10.0. The number of aryl methyl sites for hydroxylation is 1. The third-order valence-electron chi connectivity index (χ3n) is 3.41. The number of fused-ring (bicyclic) bond motifs is 1. The van der Waals surface area contributed by atoms with E-state index in [-0.39, 0.29) is 5.38 Å². The number of benzene rings is 1. The number of unbranched alkanes of at least 4 members (excludes halogenated alkanes) is 2. The van der Waals surface area contributed by atoms with Crippen LogP contribution < -0.4 is 0 Å². The van der Waals surface area contributed by atoms with Crippen LogP contribution in [0.15, 0.2) is 12.1 Å². The predicted molar refractivity (Wildman–Crippen MR) is 89.7 cm³/mol. The Kier molecular flexibility index (Phi) is 6.18. The van der Waals surface area contributed by atoms with Crippen LogP contribution >= 0.6 is 34.8 Å². The Hall–Kier alpha value is -0.480. The Morgan fingerprint density at radius 3 is 2.57 bits per heavy atom. The molecule has 0 N–H and O–H groups in total. The lowest BCUT2D eigenvalue weighted by Gasteiger charge is -2.10. The van der Waals surface area contributed by atoms with E-state index in [9.17, 15) is 0 Å². The maximum Gasteiger partial charge on any atom is 0.127 e. The molecule has 0 radical (unpaired) electrons. The van der Waals surface area contributed by atoms with Gasteiger partial charge in [0.05, 0.1) is 26.5 Å². The second-order valence-corrected chi connectivity index (χ2v) is 6.52. The molecule has 21 heavy (non-hydrogen) atoms. The topological polar surface area (TPSA) is 27.1 Å². The fraction of sp³-hybridized carbons (Fsp3) is 0.533. The fourth-order valence-electron chi connectivity index (χ4n) is 2.37. The molecule has 116 valence electrons. The molecule has 2 rings (SSSR count). The highest BCUT2D eigenvalue weighted by Crippen LogP contribution is 2.31. The van der Waals surface area contributed by atoms with Crippen LogP contribution in [0.25, 0.3) is 11.0 Å². The molecule has 2 aromatic rings. The number of imidazole rings is 1. The molecule has 0 spiro atoms. The number of hydrogen-bond acceptors (Lipinski definition) is 2. The van der Waals surface area contributed by atoms with E-state index < -0.39 is 0 Å². The largest absolute Gasteiger partial charge is 0.385 e.